The van der Waals surface area contributed by atoms with Gasteiger partial charge in [-0.1, -0.05) is 12.1 Å². The third-order valence-electron chi connectivity index (χ3n) is 2.31. The summed E-state index contributed by atoms with van der Waals surface area (Å²) in [5.74, 6) is 0. The first kappa shape index (κ1) is 13.9. The molecule has 0 saturated carbocycles. The lowest BCUT2D eigenvalue weighted by atomic mass is 10.0. The van der Waals surface area contributed by atoms with Crippen molar-refractivity contribution in [2.24, 2.45) is 0 Å². The molecule has 2 rings (SSSR count). The van der Waals surface area contributed by atoms with E-state index in [9.17, 15) is 0 Å². The van der Waals surface area contributed by atoms with Gasteiger partial charge in [0.1, 0.15) is 13.6 Å². The SMILES string of the molecule is C[N+]1=Cc2c(N)cccc2CC1.[O-][Cl+3]([O-])([O-])[O-]. The van der Waals surface area contributed by atoms with Gasteiger partial charge in [-0.15, -0.1) is 10.2 Å². The number of nitrogens with zero attached hydrogens (tertiary/aromatic N) is 1. The van der Waals surface area contributed by atoms with Gasteiger partial charge in [-0.2, -0.15) is 0 Å². The van der Waals surface area contributed by atoms with Crippen molar-refractivity contribution in [3.63, 3.8) is 0 Å². The summed E-state index contributed by atoms with van der Waals surface area (Å²) in [6.45, 7) is 1.09. The molecule has 0 amide bonds. The molecule has 7 heteroatoms. The van der Waals surface area contributed by atoms with Crippen LogP contribution < -0.4 is 24.4 Å². The van der Waals surface area contributed by atoms with Crippen molar-refractivity contribution in [2.45, 2.75) is 6.42 Å². The first-order chi connectivity index (χ1) is 7.77. The fourth-order valence-electron chi connectivity index (χ4n) is 1.59. The van der Waals surface area contributed by atoms with Gasteiger partial charge >= 0.3 is 0 Å². The van der Waals surface area contributed by atoms with Crippen LogP contribution in [0.25, 0.3) is 0 Å². The fourth-order valence-corrected chi connectivity index (χ4v) is 1.59. The van der Waals surface area contributed by atoms with Gasteiger partial charge in [0.25, 0.3) is 0 Å². The Morgan fingerprint density at radius 2 is 1.82 bits per heavy atom. The average molecular weight is 261 g/mol. The van der Waals surface area contributed by atoms with E-state index in [2.05, 4.69) is 23.9 Å². The van der Waals surface area contributed by atoms with Crippen LogP contribution in [0.3, 0.4) is 0 Å². The Labute approximate surface area is 101 Å². The molecule has 0 unspecified atom stereocenters. The molecular formula is C10H13ClN2O4. The molecule has 6 nitrogen and oxygen atoms in total. The smallest absolute Gasteiger partial charge is 0.172 e. The van der Waals surface area contributed by atoms with E-state index in [1.165, 1.54) is 11.1 Å². The second-order valence-corrected chi connectivity index (χ2v) is 4.41. The highest BCUT2D eigenvalue weighted by atomic mass is 35.7. The lowest BCUT2D eigenvalue weighted by molar-refractivity contribution is -2.00. The number of anilines is 1. The molecule has 1 aromatic carbocycles. The zero-order valence-electron chi connectivity index (χ0n) is 9.26. The second kappa shape index (κ2) is 5.44. The molecule has 0 radical (unpaired) electrons. The van der Waals surface area contributed by atoms with Crippen LogP contribution in [0.4, 0.5) is 5.69 Å². The average Bonchev–Trinajstić information content (AvgIpc) is 2.17. The first-order valence-electron chi connectivity index (χ1n) is 4.81. The number of nitrogens with two attached hydrogens (primary N) is 1. The van der Waals surface area contributed by atoms with Crippen LogP contribution in [0.15, 0.2) is 18.2 Å². The zero-order valence-corrected chi connectivity index (χ0v) is 10.0. The molecule has 0 fully saturated rings. The third kappa shape index (κ3) is 5.12. The van der Waals surface area contributed by atoms with E-state index >= 15 is 0 Å². The van der Waals surface area contributed by atoms with E-state index in [4.69, 9.17) is 24.4 Å². The maximum atomic E-state index is 8.49. The molecule has 0 saturated heterocycles. The second-order valence-electron chi connectivity index (χ2n) is 3.66. The van der Waals surface area contributed by atoms with Gasteiger partial charge in [-0.05, 0) is 11.6 Å². The summed E-state index contributed by atoms with van der Waals surface area (Å²) in [5, 5.41) is 0. The van der Waals surface area contributed by atoms with Crippen molar-refractivity contribution in [2.75, 3.05) is 19.3 Å². The quantitative estimate of drug-likeness (QED) is 0.378. The number of hydrogen-bond acceptors (Lipinski definition) is 5. The third-order valence-corrected chi connectivity index (χ3v) is 2.31. The predicted molar refractivity (Wildman–Crippen MR) is 50.8 cm³/mol. The van der Waals surface area contributed by atoms with Crippen molar-refractivity contribution in [3.05, 3.63) is 29.3 Å². The molecule has 1 aromatic rings. The van der Waals surface area contributed by atoms with Gasteiger partial charge in [0.05, 0.1) is 5.56 Å². The van der Waals surface area contributed by atoms with Crippen molar-refractivity contribution in [3.8, 4) is 0 Å². The Kier molecular flexibility index (Phi) is 4.44. The number of benzene rings is 1. The normalized spacial score (nSPS) is 14.3. The molecule has 1 aliphatic heterocycles. The first-order valence-corrected chi connectivity index (χ1v) is 6.05. The molecule has 1 heterocycles. The van der Waals surface area contributed by atoms with E-state index in [1.807, 2.05) is 12.1 Å². The minimum Gasteiger partial charge on any atom is -0.398 e. The summed E-state index contributed by atoms with van der Waals surface area (Å²) in [6.07, 6.45) is 3.22. The lowest BCUT2D eigenvalue weighted by Gasteiger charge is -2.17. The number of halogens is 1. The van der Waals surface area contributed by atoms with Crippen LogP contribution in [0.5, 0.6) is 0 Å². The highest BCUT2D eigenvalue weighted by molar-refractivity contribution is 5.86. The Morgan fingerprint density at radius 1 is 1.24 bits per heavy atom. The van der Waals surface area contributed by atoms with Gasteiger partial charge in [-0.25, -0.2) is 23.2 Å². The summed E-state index contributed by atoms with van der Waals surface area (Å²) in [5.41, 5.74) is 9.30. The van der Waals surface area contributed by atoms with Crippen molar-refractivity contribution >= 4 is 11.9 Å². The molecule has 17 heavy (non-hydrogen) atoms. The van der Waals surface area contributed by atoms with E-state index in [-0.39, 0.29) is 0 Å². The molecule has 0 spiro atoms. The van der Waals surface area contributed by atoms with E-state index in [0.29, 0.717) is 0 Å². The molecule has 2 N–H and O–H groups in total. The maximum Gasteiger partial charge on any atom is 0.172 e. The summed E-state index contributed by atoms with van der Waals surface area (Å²) in [4.78, 5) is 0. The Morgan fingerprint density at radius 3 is 2.41 bits per heavy atom. The van der Waals surface area contributed by atoms with Crippen LogP contribution in [-0.2, 0) is 6.42 Å². The largest absolute Gasteiger partial charge is 0.398 e. The number of hydrogen-bond donors (Lipinski definition) is 1. The number of fused-ring (bicyclic) bond motifs is 1. The monoisotopic (exact) mass is 260 g/mol. The zero-order chi connectivity index (χ0) is 13.1. The van der Waals surface area contributed by atoms with Gasteiger partial charge < -0.3 is 5.73 Å². The summed E-state index contributed by atoms with van der Waals surface area (Å²) in [7, 11) is -2.87. The number of nitrogen functional groups attached to an aromatic ring is 1. The summed E-state index contributed by atoms with van der Waals surface area (Å²) in [6, 6.07) is 6.12. The molecule has 0 atom stereocenters. The van der Waals surface area contributed by atoms with Gasteiger partial charge in [0.15, 0.2) is 6.21 Å². The molecule has 0 aromatic heterocycles. The molecular weight excluding hydrogens is 248 g/mol. The van der Waals surface area contributed by atoms with Crippen molar-refractivity contribution < 1.29 is 33.5 Å². The van der Waals surface area contributed by atoms with Crippen LogP contribution in [0, 0.1) is 10.2 Å². The van der Waals surface area contributed by atoms with Gasteiger partial charge in [0.2, 0.25) is 0 Å². The minimum atomic E-state index is -4.94. The van der Waals surface area contributed by atoms with Crippen LogP contribution in [-0.4, -0.2) is 24.4 Å². The molecule has 94 valence electrons. The maximum absolute atomic E-state index is 8.49. The summed E-state index contributed by atoms with van der Waals surface area (Å²) >= 11 is 0. The Bertz CT molecular complexity index is 423. The van der Waals surface area contributed by atoms with E-state index in [0.717, 1.165) is 18.7 Å². The number of rotatable bonds is 0. The van der Waals surface area contributed by atoms with Crippen molar-refractivity contribution in [1.82, 2.24) is 0 Å². The van der Waals surface area contributed by atoms with Crippen molar-refractivity contribution in [1.29, 1.82) is 0 Å². The predicted octanol–water partition coefficient (Wildman–Crippen LogP) is -3.87. The Hall–Kier alpha value is -1.18. The molecule has 1 aliphatic rings. The van der Waals surface area contributed by atoms with E-state index in [1.54, 1.807) is 0 Å². The lowest BCUT2D eigenvalue weighted by Crippen LogP contribution is -2.68. The minimum absolute atomic E-state index is 0.888. The topological polar surface area (TPSA) is 121 Å². The van der Waals surface area contributed by atoms with Crippen LogP contribution >= 0.6 is 0 Å². The van der Waals surface area contributed by atoms with Gasteiger partial charge in [-0.3, -0.25) is 0 Å². The van der Waals surface area contributed by atoms with Gasteiger partial charge in [0, 0.05) is 12.1 Å². The van der Waals surface area contributed by atoms with Crippen LogP contribution in [0.2, 0.25) is 0 Å². The van der Waals surface area contributed by atoms with E-state index < -0.39 is 10.2 Å². The summed E-state index contributed by atoms with van der Waals surface area (Å²) < 4.78 is 36.2. The van der Waals surface area contributed by atoms with Crippen LogP contribution in [0.1, 0.15) is 11.1 Å². The Balaban J connectivity index is 0.000000249. The standard InChI is InChI=1S/C10H12N2.ClHO4/c1-12-6-5-8-3-2-4-10(11)9(8)7-12;2-1(3,4)5/h2-4,7,11H,5-6H2,1H3;(H,2,3,4,5). The molecule has 0 bridgehead atoms. The highest BCUT2D eigenvalue weighted by Crippen LogP contribution is 2.17. The molecule has 0 aliphatic carbocycles. The number of likely N-dealkylation sites (N-methyl/N-ethyl adjacent to an activating group) is 1. The highest BCUT2D eigenvalue weighted by Gasteiger charge is 2.13. The fraction of sp³-hybridized carbons (Fsp3) is 0.300.